The minimum absolute atomic E-state index is 0.593. The molecule has 0 unspecified atom stereocenters. The van der Waals surface area contributed by atoms with Crippen molar-refractivity contribution in [3.05, 3.63) is 169 Å². The Kier molecular flexibility index (Phi) is 6.17. The third-order valence-electron chi connectivity index (χ3n) is 9.75. The molecule has 0 radical (unpaired) electrons. The number of benzene rings is 7. The number of hydrogen-bond donors (Lipinski definition) is 0. The smallest absolute Gasteiger partial charge is 0.235 e. The molecule has 0 aliphatic heterocycles. The van der Waals surface area contributed by atoms with Crippen LogP contribution in [0.1, 0.15) is 5.56 Å². The highest BCUT2D eigenvalue weighted by atomic mass is 15.2. The quantitative estimate of drug-likeness (QED) is 0.193. The molecule has 7 aromatic carbocycles. The van der Waals surface area contributed by atoms with Gasteiger partial charge in [-0.05, 0) is 77.9 Å². The van der Waals surface area contributed by atoms with Crippen LogP contribution in [-0.4, -0.2) is 19.1 Å². The first-order valence-corrected chi connectivity index (χ1v) is 16.6. The molecule has 0 amide bonds. The Bertz CT molecular complexity index is 3000. The van der Waals surface area contributed by atoms with E-state index in [0.29, 0.717) is 11.5 Å². The SMILES string of the molecule is N#Cc1cccc(-c2nc(-n3c4ccccc4c4cc(-c5ccc6c(c5)c5ccccc5n6-c5ccccc5)ccc43)nc3ccccc23)c1. The molecule has 5 heteroatoms. The molecule has 0 atom stereocenters. The first-order chi connectivity index (χ1) is 24.7. The molecule has 5 nitrogen and oxygen atoms in total. The number of nitrogens with zero attached hydrogens (tertiary/aromatic N) is 5. The average molecular weight is 638 g/mol. The Morgan fingerprint density at radius 1 is 0.420 bits per heavy atom. The van der Waals surface area contributed by atoms with E-state index in [1.54, 1.807) is 0 Å². The predicted molar refractivity (Wildman–Crippen MR) is 204 cm³/mol. The number of fused-ring (bicyclic) bond motifs is 7. The third kappa shape index (κ3) is 4.26. The second-order valence-electron chi connectivity index (χ2n) is 12.6. The summed E-state index contributed by atoms with van der Waals surface area (Å²) in [5.74, 6) is 0.593. The van der Waals surface area contributed by atoms with Crippen LogP contribution in [0, 0.1) is 11.3 Å². The van der Waals surface area contributed by atoms with Crippen LogP contribution < -0.4 is 0 Å². The standard InChI is InChI=1S/C45H27N5/c46-28-29-11-10-12-32(25-29)44-36-17-4-7-18-39(36)47-45(48-44)50-41-20-9-6-16-35(41)38-27-31(22-24-43(38)50)30-21-23-42-37(26-30)34-15-5-8-19-40(34)49(42)33-13-2-1-3-14-33/h1-27H. The summed E-state index contributed by atoms with van der Waals surface area (Å²) in [5.41, 5.74) is 11.0. The molecule has 0 N–H and O–H groups in total. The fraction of sp³-hybridized carbons (Fsp3) is 0. The van der Waals surface area contributed by atoms with Gasteiger partial charge < -0.3 is 4.57 Å². The number of hydrogen-bond acceptors (Lipinski definition) is 3. The molecule has 0 saturated carbocycles. The van der Waals surface area contributed by atoms with Gasteiger partial charge in [-0.15, -0.1) is 0 Å². The van der Waals surface area contributed by atoms with Crippen LogP contribution in [-0.2, 0) is 0 Å². The van der Waals surface area contributed by atoms with Crippen molar-refractivity contribution in [2.75, 3.05) is 0 Å². The van der Waals surface area contributed by atoms with Crippen molar-refractivity contribution in [1.82, 2.24) is 19.1 Å². The summed E-state index contributed by atoms with van der Waals surface area (Å²) in [4.78, 5) is 10.3. The number of rotatable bonds is 4. The lowest BCUT2D eigenvalue weighted by Gasteiger charge is -2.12. The van der Waals surface area contributed by atoms with Gasteiger partial charge in [-0.25, -0.2) is 9.97 Å². The van der Waals surface area contributed by atoms with Crippen molar-refractivity contribution in [2.45, 2.75) is 0 Å². The summed E-state index contributed by atoms with van der Waals surface area (Å²) in [6.45, 7) is 0. The lowest BCUT2D eigenvalue weighted by Crippen LogP contribution is -2.03. The van der Waals surface area contributed by atoms with Gasteiger partial charge in [-0.2, -0.15) is 5.26 Å². The summed E-state index contributed by atoms with van der Waals surface area (Å²) in [6.07, 6.45) is 0. The van der Waals surface area contributed by atoms with Crippen LogP contribution in [0.2, 0.25) is 0 Å². The monoisotopic (exact) mass is 637 g/mol. The zero-order valence-corrected chi connectivity index (χ0v) is 26.8. The Morgan fingerprint density at radius 2 is 1.00 bits per heavy atom. The third-order valence-corrected chi connectivity index (χ3v) is 9.75. The molecular formula is C45H27N5. The fourth-order valence-electron chi connectivity index (χ4n) is 7.50. The number of aromatic nitrogens is 4. The van der Waals surface area contributed by atoms with E-state index in [2.05, 4.69) is 130 Å². The van der Waals surface area contributed by atoms with Gasteiger partial charge in [-0.1, -0.05) is 97.1 Å². The molecule has 3 heterocycles. The largest absolute Gasteiger partial charge is 0.309 e. The van der Waals surface area contributed by atoms with E-state index in [0.717, 1.165) is 60.8 Å². The van der Waals surface area contributed by atoms with Gasteiger partial charge >= 0.3 is 0 Å². The highest BCUT2D eigenvalue weighted by Gasteiger charge is 2.19. The van der Waals surface area contributed by atoms with Gasteiger partial charge in [0.25, 0.3) is 0 Å². The van der Waals surface area contributed by atoms with Crippen molar-refractivity contribution in [2.24, 2.45) is 0 Å². The molecule has 232 valence electrons. The molecule has 0 saturated heterocycles. The molecule has 0 aliphatic carbocycles. The molecule has 0 aliphatic rings. The van der Waals surface area contributed by atoms with Gasteiger partial charge in [0.2, 0.25) is 5.95 Å². The van der Waals surface area contributed by atoms with E-state index < -0.39 is 0 Å². The van der Waals surface area contributed by atoms with Gasteiger partial charge in [0.05, 0.1) is 44.9 Å². The van der Waals surface area contributed by atoms with Crippen LogP contribution in [0.3, 0.4) is 0 Å². The van der Waals surface area contributed by atoms with Crippen molar-refractivity contribution in [3.63, 3.8) is 0 Å². The first kappa shape index (κ1) is 28.0. The van der Waals surface area contributed by atoms with Crippen molar-refractivity contribution >= 4 is 54.5 Å². The molecule has 50 heavy (non-hydrogen) atoms. The number of nitriles is 1. The zero-order chi connectivity index (χ0) is 33.2. The fourth-order valence-corrected chi connectivity index (χ4v) is 7.50. The predicted octanol–water partition coefficient (Wildman–Crippen LogP) is 11.0. The normalized spacial score (nSPS) is 11.6. The Balaban J connectivity index is 1.18. The highest BCUT2D eigenvalue weighted by molar-refractivity contribution is 6.12. The van der Waals surface area contributed by atoms with E-state index in [-0.39, 0.29) is 0 Å². The summed E-state index contributed by atoms with van der Waals surface area (Å²) >= 11 is 0. The van der Waals surface area contributed by atoms with Crippen molar-refractivity contribution in [3.8, 4) is 40.1 Å². The average Bonchev–Trinajstić information content (AvgIpc) is 3.70. The summed E-state index contributed by atoms with van der Waals surface area (Å²) < 4.78 is 4.51. The molecule has 0 bridgehead atoms. The van der Waals surface area contributed by atoms with Crippen LogP contribution in [0.25, 0.3) is 88.5 Å². The van der Waals surface area contributed by atoms with Crippen LogP contribution >= 0.6 is 0 Å². The topological polar surface area (TPSA) is 59.4 Å². The Labute approximate surface area is 287 Å². The van der Waals surface area contributed by atoms with E-state index in [4.69, 9.17) is 9.97 Å². The van der Waals surface area contributed by atoms with E-state index in [1.807, 2.05) is 48.5 Å². The maximum absolute atomic E-state index is 9.63. The molecule has 0 fully saturated rings. The molecule has 10 rings (SSSR count). The minimum Gasteiger partial charge on any atom is -0.309 e. The first-order valence-electron chi connectivity index (χ1n) is 16.6. The number of para-hydroxylation sites is 4. The molecular weight excluding hydrogens is 611 g/mol. The van der Waals surface area contributed by atoms with Gasteiger partial charge in [-0.3, -0.25) is 4.57 Å². The lowest BCUT2D eigenvalue weighted by molar-refractivity contribution is 1.01. The Morgan fingerprint density at radius 3 is 1.70 bits per heavy atom. The minimum atomic E-state index is 0.593. The molecule has 0 spiro atoms. The van der Waals surface area contributed by atoms with E-state index in [1.165, 1.54) is 21.8 Å². The second kappa shape index (κ2) is 11.0. The van der Waals surface area contributed by atoms with Gasteiger partial charge in [0, 0.05) is 38.2 Å². The van der Waals surface area contributed by atoms with Crippen LogP contribution in [0.4, 0.5) is 0 Å². The summed E-state index contributed by atoms with van der Waals surface area (Å²) in [6, 6.07) is 59.1. The molecule has 10 aromatic rings. The molecule has 3 aromatic heterocycles. The highest BCUT2D eigenvalue weighted by Crippen LogP contribution is 2.38. The summed E-state index contributed by atoms with van der Waals surface area (Å²) in [5, 5.41) is 15.3. The zero-order valence-electron chi connectivity index (χ0n) is 26.8. The van der Waals surface area contributed by atoms with Crippen molar-refractivity contribution in [1.29, 1.82) is 5.26 Å². The van der Waals surface area contributed by atoms with E-state index in [9.17, 15) is 5.26 Å². The summed E-state index contributed by atoms with van der Waals surface area (Å²) in [7, 11) is 0. The maximum atomic E-state index is 9.63. The van der Waals surface area contributed by atoms with Crippen molar-refractivity contribution < 1.29 is 0 Å². The Hall–Kier alpha value is -7.03. The maximum Gasteiger partial charge on any atom is 0.235 e. The van der Waals surface area contributed by atoms with E-state index >= 15 is 0 Å². The lowest BCUT2D eigenvalue weighted by atomic mass is 10.0. The second-order valence-corrected chi connectivity index (χ2v) is 12.6. The van der Waals surface area contributed by atoms with Crippen LogP contribution in [0.15, 0.2) is 164 Å². The van der Waals surface area contributed by atoms with Crippen LogP contribution in [0.5, 0.6) is 0 Å². The van der Waals surface area contributed by atoms with Gasteiger partial charge in [0.15, 0.2) is 0 Å². The van der Waals surface area contributed by atoms with Gasteiger partial charge in [0.1, 0.15) is 0 Å².